The highest BCUT2D eigenvalue weighted by Crippen LogP contribution is 2.93. The van der Waals surface area contributed by atoms with Crippen LogP contribution in [0.25, 0.3) is 0 Å². The van der Waals surface area contributed by atoms with Crippen molar-refractivity contribution in [2.75, 3.05) is 41.4 Å². The van der Waals surface area contributed by atoms with Crippen molar-refractivity contribution < 1.29 is 14.3 Å². The largest absolute Gasteiger partial charge is 0.370 e. The van der Waals surface area contributed by atoms with E-state index in [0.29, 0.717) is 53.5 Å². The monoisotopic (exact) mass is 632 g/mol. The molecule has 2 saturated heterocycles. The average molecular weight is 633 g/mol. The molecule has 9 nitrogen and oxygen atoms in total. The maximum Gasteiger partial charge on any atom is 0.265 e. The number of carbonyl (C=O) groups excluding carboxylic acids is 2. The smallest absolute Gasteiger partial charge is 0.265 e. The van der Waals surface area contributed by atoms with Gasteiger partial charge >= 0.3 is 0 Å². The van der Waals surface area contributed by atoms with Crippen molar-refractivity contribution in [1.29, 1.82) is 0 Å². The van der Waals surface area contributed by atoms with Crippen LogP contribution < -0.4 is 19.8 Å². The molecular weight excluding hydrogens is 584 g/mol. The second-order valence-electron chi connectivity index (χ2n) is 14.3. The zero-order valence-corrected chi connectivity index (χ0v) is 28.0. The molecule has 4 bridgehead atoms. The van der Waals surface area contributed by atoms with Crippen molar-refractivity contribution in [3.05, 3.63) is 35.9 Å². The number of nitrogens with one attached hydrogen (secondary N) is 2. The summed E-state index contributed by atoms with van der Waals surface area (Å²) < 4.78 is 9.19. The number of aromatic nitrogens is 2. The lowest BCUT2D eigenvalue weighted by molar-refractivity contribution is -0.127. The van der Waals surface area contributed by atoms with Gasteiger partial charge in [-0.1, -0.05) is 19.9 Å². The summed E-state index contributed by atoms with van der Waals surface area (Å²) in [5, 5.41) is 4.15. The van der Waals surface area contributed by atoms with Crippen LogP contribution in [0, 0.1) is 22.7 Å². The molecule has 6 aliphatic rings. The van der Waals surface area contributed by atoms with Crippen molar-refractivity contribution >= 4 is 41.2 Å². The summed E-state index contributed by atoms with van der Waals surface area (Å²) in [5.41, 5.74) is 1.69. The lowest BCUT2D eigenvalue weighted by atomic mass is 9.93. The molecular formula is C35H48N6O3S. The quantitative estimate of drug-likeness (QED) is 0.363. The predicted octanol–water partition coefficient (Wildman–Crippen LogP) is 6.45. The van der Waals surface area contributed by atoms with Gasteiger partial charge in [-0.2, -0.15) is 0 Å². The first-order valence-electron chi connectivity index (χ1n) is 17.2. The molecule has 2 spiro atoms. The van der Waals surface area contributed by atoms with Crippen LogP contribution in [-0.2, 0) is 9.53 Å². The van der Waals surface area contributed by atoms with Crippen molar-refractivity contribution in [2.45, 2.75) is 102 Å². The van der Waals surface area contributed by atoms with Crippen LogP contribution in [0.2, 0.25) is 0 Å². The molecule has 8 rings (SSSR count). The number of hydrogen-bond donors (Lipinski definition) is 2. The van der Waals surface area contributed by atoms with Gasteiger partial charge in [-0.25, -0.2) is 9.97 Å². The van der Waals surface area contributed by atoms with Crippen molar-refractivity contribution in [3.8, 4) is 0 Å². The Morgan fingerprint density at radius 3 is 2.56 bits per heavy atom. The standard InChI is InChI=1S/C33H42N6O3S.C2H6/c1-31(2)19-21-5-4-16-34-25-6-3-7-27(35-25)43-37-29(40)22-8-9-26(36-28(22)39(31)20-21)38-17-10-23(30(38)41)42-18-11-24-32(12-13-32)33(24)14-15-33;1-2/h3,6-9,21,23-24H,4-5,10-20H2,1-2H3,(H,34,35)(H,37,40);1-2H3. The molecule has 2 unspecified atom stereocenters. The fourth-order valence-electron chi connectivity index (χ4n) is 8.97. The second-order valence-corrected chi connectivity index (χ2v) is 15.1. The Morgan fingerprint density at radius 1 is 1.02 bits per heavy atom. The van der Waals surface area contributed by atoms with Gasteiger partial charge in [0.25, 0.3) is 11.8 Å². The lowest BCUT2D eigenvalue weighted by Crippen LogP contribution is -2.40. The van der Waals surface area contributed by atoms with Gasteiger partial charge in [0, 0.05) is 50.1 Å². The molecule has 242 valence electrons. The van der Waals surface area contributed by atoms with Crippen molar-refractivity contribution in [3.63, 3.8) is 0 Å². The van der Waals surface area contributed by atoms with E-state index >= 15 is 0 Å². The summed E-state index contributed by atoms with van der Waals surface area (Å²) in [6.07, 6.45) is 10.1. The first-order chi connectivity index (χ1) is 21.8. The Morgan fingerprint density at radius 2 is 1.80 bits per heavy atom. The van der Waals surface area contributed by atoms with E-state index < -0.39 is 6.10 Å². The molecule has 5 heterocycles. The van der Waals surface area contributed by atoms with E-state index in [9.17, 15) is 9.59 Å². The number of pyridine rings is 2. The minimum atomic E-state index is -0.410. The topological polar surface area (TPSA) is 99.7 Å². The fraction of sp³-hybridized carbons (Fsp3) is 0.657. The number of amides is 2. The average Bonchev–Trinajstić information content (AvgIpc) is 4.00. The second kappa shape index (κ2) is 11.7. The number of ether oxygens (including phenoxy) is 1. The highest BCUT2D eigenvalue weighted by molar-refractivity contribution is 7.97. The van der Waals surface area contributed by atoms with Gasteiger partial charge in [0.05, 0.1) is 5.56 Å². The van der Waals surface area contributed by atoms with Crippen molar-refractivity contribution in [2.24, 2.45) is 22.7 Å². The molecule has 5 fully saturated rings. The maximum absolute atomic E-state index is 13.6. The van der Waals surface area contributed by atoms with Gasteiger partial charge in [-0.3, -0.25) is 19.2 Å². The highest BCUT2D eigenvalue weighted by atomic mass is 32.2. The molecule has 45 heavy (non-hydrogen) atoms. The Hall–Kier alpha value is -2.85. The summed E-state index contributed by atoms with van der Waals surface area (Å²) in [5.74, 6) is 3.15. The lowest BCUT2D eigenvalue weighted by Gasteiger charge is -2.34. The number of anilines is 3. The number of nitrogens with zero attached hydrogens (tertiary/aromatic N) is 4. The molecule has 0 radical (unpaired) electrons. The van der Waals surface area contributed by atoms with Gasteiger partial charge in [0.1, 0.15) is 28.6 Å². The Bertz CT molecular complexity index is 1440. The third-order valence-corrected chi connectivity index (χ3v) is 12.1. The molecule has 0 aromatic carbocycles. The van der Waals surface area contributed by atoms with Gasteiger partial charge in [0.15, 0.2) is 0 Å². The zero-order valence-electron chi connectivity index (χ0n) is 27.2. The normalized spacial score (nSPS) is 27.1. The summed E-state index contributed by atoms with van der Waals surface area (Å²) in [6, 6.07) is 9.45. The van der Waals surface area contributed by atoms with E-state index in [0.717, 1.165) is 55.5 Å². The summed E-state index contributed by atoms with van der Waals surface area (Å²) in [7, 11) is 0. The van der Waals surface area contributed by atoms with E-state index in [1.54, 1.807) is 4.90 Å². The minimum Gasteiger partial charge on any atom is -0.370 e. The van der Waals surface area contributed by atoms with Crippen LogP contribution in [0.4, 0.5) is 17.5 Å². The van der Waals surface area contributed by atoms with E-state index in [2.05, 4.69) is 33.8 Å². The van der Waals surface area contributed by atoms with Gasteiger partial charge in [0.2, 0.25) is 0 Å². The number of carbonyl (C=O) groups is 2. The number of hydrogen-bond acceptors (Lipinski definition) is 8. The maximum atomic E-state index is 13.6. The molecule has 2 atom stereocenters. The molecule has 2 amide bonds. The van der Waals surface area contributed by atoms with Crippen LogP contribution >= 0.6 is 11.9 Å². The molecule has 2 aromatic heterocycles. The highest BCUT2D eigenvalue weighted by Gasteiger charge is 2.85. The van der Waals surface area contributed by atoms with E-state index in [1.165, 1.54) is 37.6 Å². The Kier molecular flexibility index (Phi) is 8.04. The van der Waals surface area contributed by atoms with Crippen LogP contribution in [-0.4, -0.2) is 59.7 Å². The third kappa shape index (κ3) is 5.49. The van der Waals surface area contributed by atoms with Crippen LogP contribution in [0.1, 0.15) is 95.8 Å². The molecule has 10 heteroatoms. The molecule has 3 aliphatic carbocycles. The van der Waals surface area contributed by atoms with Crippen LogP contribution in [0.3, 0.4) is 0 Å². The van der Waals surface area contributed by atoms with E-state index in [-0.39, 0.29) is 17.4 Å². The number of rotatable bonds is 5. The summed E-state index contributed by atoms with van der Waals surface area (Å²) in [4.78, 5) is 40.9. The number of fused-ring (bicyclic) bond motifs is 7. The molecule has 2 aromatic rings. The Labute approximate surface area is 271 Å². The van der Waals surface area contributed by atoms with Crippen molar-refractivity contribution in [1.82, 2.24) is 14.7 Å². The predicted molar refractivity (Wildman–Crippen MR) is 179 cm³/mol. The molecule has 3 saturated carbocycles. The van der Waals surface area contributed by atoms with Crippen LogP contribution in [0.15, 0.2) is 35.4 Å². The Balaban J connectivity index is 0.00000160. The third-order valence-electron chi connectivity index (χ3n) is 11.4. The van der Waals surface area contributed by atoms with E-state index in [1.807, 2.05) is 44.2 Å². The fourth-order valence-corrected chi connectivity index (χ4v) is 9.57. The van der Waals surface area contributed by atoms with Crippen LogP contribution in [0.5, 0.6) is 0 Å². The zero-order chi connectivity index (χ0) is 31.4. The minimum absolute atomic E-state index is 0.0142. The summed E-state index contributed by atoms with van der Waals surface area (Å²) >= 11 is 1.21. The SMILES string of the molecule is CC.CC1(C)CC2CCCNc3cccc(n3)SNC(=O)c3ccc(N4CCC(OCCC5C6(CC6)C56CC6)C4=O)nc3N1C2. The summed E-state index contributed by atoms with van der Waals surface area (Å²) in [6.45, 7) is 11.4. The van der Waals surface area contributed by atoms with Gasteiger partial charge in [-0.05, 0) is 112 Å². The van der Waals surface area contributed by atoms with Gasteiger partial charge in [-0.15, -0.1) is 0 Å². The molecule has 3 aliphatic heterocycles. The molecule has 2 N–H and O–H groups in total. The van der Waals surface area contributed by atoms with Gasteiger partial charge < -0.3 is 15.0 Å². The van der Waals surface area contributed by atoms with E-state index in [4.69, 9.17) is 9.72 Å². The first-order valence-corrected chi connectivity index (χ1v) is 18.0. The first kappa shape index (κ1) is 30.8.